The third-order valence-electron chi connectivity index (χ3n) is 4.05. The first kappa shape index (κ1) is 13.8. The Bertz CT molecular complexity index is 402. The minimum Gasteiger partial charge on any atom is -0.479 e. The molecule has 0 saturated carbocycles. The minimum atomic E-state index is -1.08. The zero-order valence-corrected chi connectivity index (χ0v) is 10.9. The van der Waals surface area contributed by atoms with E-state index in [-0.39, 0.29) is 24.9 Å². The number of carboxylic acids is 1. The summed E-state index contributed by atoms with van der Waals surface area (Å²) in [6, 6.07) is -0.527. The lowest BCUT2D eigenvalue weighted by Gasteiger charge is -2.37. The molecule has 0 aliphatic carbocycles. The number of nitrogens with one attached hydrogen (secondary N) is 2. The van der Waals surface area contributed by atoms with Crippen molar-refractivity contribution in [3.05, 3.63) is 0 Å². The monoisotopic (exact) mass is 269 g/mol. The van der Waals surface area contributed by atoms with Crippen LogP contribution in [0.2, 0.25) is 0 Å². The molecule has 0 bridgehead atoms. The van der Waals surface area contributed by atoms with E-state index in [4.69, 9.17) is 0 Å². The van der Waals surface area contributed by atoms with Crippen molar-refractivity contribution in [3.8, 4) is 0 Å². The molecule has 2 atom stereocenters. The fourth-order valence-corrected chi connectivity index (χ4v) is 2.87. The van der Waals surface area contributed by atoms with Crippen molar-refractivity contribution >= 4 is 17.8 Å². The van der Waals surface area contributed by atoms with Crippen molar-refractivity contribution in [2.75, 3.05) is 19.6 Å². The first-order chi connectivity index (χ1) is 9.01. The molecule has 7 heteroatoms. The Balaban J connectivity index is 2.13. The average molecular weight is 269 g/mol. The van der Waals surface area contributed by atoms with Gasteiger partial charge in [-0.2, -0.15) is 0 Å². The van der Waals surface area contributed by atoms with Gasteiger partial charge in [-0.15, -0.1) is 0 Å². The molecule has 19 heavy (non-hydrogen) atoms. The molecule has 2 heterocycles. The molecule has 2 aliphatic rings. The van der Waals surface area contributed by atoms with Gasteiger partial charge in [-0.25, -0.2) is 4.79 Å². The van der Waals surface area contributed by atoms with Crippen LogP contribution in [0.15, 0.2) is 0 Å². The Morgan fingerprint density at radius 1 is 1.53 bits per heavy atom. The lowest BCUT2D eigenvalue weighted by atomic mass is 9.92. The Labute approximate surface area is 111 Å². The fraction of sp³-hybridized carbons (Fsp3) is 0.750. The molecular formula is C12H19N3O4. The molecule has 0 aromatic heterocycles. The van der Waals surface area contributed by atoms with E-state index in [1.165, 1.54) is 4.90 Å². The number of piperazine rings is 1. The zero-order chi connectivity index (χ0) is 14.0. The van der Waals surface area contributed by atoms with E-state index in [0.29, 0.717) is 25.8 Å². The predicted molar refractivity (Wildman–Crippen MR) is 66.4 cm³/mol. The second-order valence-electron chi connectivity index (χ2n) is 5.02. The molecule has 0 radical (unpaired) electrons. The van der Waals surface area contributed by atoms with Gasteiger partial charge in [0.2, 0.25) is 11.8 Å². The quantitative estimate of drug-likeness (QED) is 0.606. The van der Waals surface area contributed by atoms with Crippen LogP contribution in [-0.2, 0) is 14.4 Å². The summed E-state index contributed by atoms with van der Waals surface area (Å²) in [4.78, 5) is 36.5. The summed E-state index contributed by atoms with van der Waals surface area (Å²) in [5.41, 5.74) is -1.08. The molecule has 2 saturated heterocycles. The molecule has 2 aliphatic heterocycles. The molecule has 0 aromatic carbocycles. The first-order valence-electron chi connectivity index (χ1n) is 6.56. The van der Waals surface area contributed by atoms with Crippen LogP contribution in [0.3, 0.4) is 0 Å². The summed E-state index contributed by atoms with van der Waals surface area (Å²) in [5, 5.41) is 14.9. The predicted octanol–water partition coefficient (Wildman–Crippen LogP) is -1.07. The summed E-state index contributed by atoms with van der Waals surface area (Å²) in [5.74, 6) is -1.33. The first-order valence-corrected chi connectivity index (χ1v) is 6.56. The van der Waals surface area contributed by atoms with Crippen LogP contribution in [0.5, 0.6) is 0 Å². The Hall–Kier alpha value is -1.63. The smallest absolute Gasteiger partial charge is 0.329 e. The summed E-state index contributed by atoms with van der Waals surface area (Å²) >= 11 is 0. The molecule has 2 amide bonds. The highest BCUT2D eigenvalue weighted by Gasteiger charge is 2.49. The van der Waals surface area contributed by atoms with Crippen LogP contribution < -0.4 is 10.6 Å². The normalized spacial score (nSPS) is 31.1. The van der Waals surface area contributed by atoms with Crippen LogP contribution in [0.1, 0.15) is 26.2 Å². The maximum Gasteiger partial charge on any atom is 0.329 e. The maximum absolute atomic E-state index is 12.4. The van der Waals surface area contributed by atoms with Gasteiger partial charge in [0, 0.05) is 13.1 Å². The van der Waals surface area contributed by atoms with Gasteiger partial charge in [-0.1, -0.05) is 6.92 Å². The second kappa shape index (κ2) is 5.16. The Kier molecular flexibility index (Phi) is 3.75. The van der Waals surface area contributed by atoms with E-state index in [9.17, 15) is 19.5 Å². The molecular weight excluding hydrogens is 250 g/mol. The highest BCUT2D eigenvalue weighted by Crippen LogP contribution is 2.33. The van der Waals surface area contributed by atoms with E-state index in [0.717, 1.165) is 0 Å². The van der Waals surface area contributed by atoms with E-state index >= 15 is 0 Å². The zero-order valence-electron chi connectivity index (χ0n) is 10.9. The fourth-order valence-electron chi connectivity index (χ4n) is 2.87. The highest BCUT2D eigenvalue weighted by atomic mass is 16.4. The number of likely N-dealkylation sites (tertiary alicyclic amines) is 1. The SMILES string of the molecule is CCC1(C(=O)O)CCCN1C(=O)C1CNC(=O)CN1. The number of hydrogen-bond donors (Lipinski definition) is 3. The minimum absolute atomic E-state index is 0.0937. The van der Waals surface area contributed by atoms with Crippen molar-refractivity contribution in [3.63, 3.8) is 0 Å². The number of carbonyl (C=O) groups is 3. The average Bonchev–Trinajstić information content (AvgIpc) is 2.83. The summed E-state index contributed by atoms with van der Waals surface area (Å²) in [6.07, 6.45) is 1.59. The number of carboxylic acid groups (broad SMARTS) is 1. The molecule has 2 unspecified atom stereocenters. The van der Waals surface area contributed by atoms with Gasteiger partial charge in [0.1, 0.15) is 11.6 Å². The highest BCUT2D eigenvalue weighted by molar-refractivity contribution is 5.92. The van der Waals surface area contributed by atoms with Crippen LogP contribution in [0, 0.1) is 0 Å². The third-order valence-corrected chi connectivity index (χ3v) is 4.05. The van der Waals surface area contributed by atoms with Crippen molar-refractivity contribution in [1.82, 2.24) is 15.5 Å². The van der Waals surface area contributed by atoms with Gasteiger partial charge in [0.25, 0.3) is 0 Å². The van der Waals surface area contributed by atoms with Crippen molar-refractivity contribution < 1.29 is 19.5 Å². The molecule has 2 fully saturated rings. The van der Waals surface area contributed by atoms with E-state index in [1.807, 2.05) is 0 Å². The van der Waals surface area contributed by atoms with Crippen LogP contribution in [-0.4, -0.2) is 59.0 Å². The van der Waals surface area contributed by atoms with Crippen LogP contribution in [0.25, 0.3) is 0 Å². The number of rotatable bonds is 3. The van der Waals surface area contributed by atoms with E-state index in [1.54, 1.807) is 6.92 Å². The van der Waals surface area contributed by atoms with Gasteiger partial charge in [0.15, 0.2) is 0 Å². The van der Waals surface area contributed by atoms with E-state index in [2.05, 4.69) is 10.6 Å². The number of nitrogens with zero attached hydrogens (tertiary/aromatic N) is 1. The Morgan fingerprint density at radius 2 is 2.26 bits per heavy atom. The van der Waals surface area contributed by atoms with Crippen molar-refractivity contribution in [1.29, 1.82) is 0 Å². The number of carbonyl (C=O) groups excluding carboxylic acids is 2. The Morgan fingerprint density at radius 3 is 2.79 bits per heavy atom. The maximum atomic E-state index is 12.4. The van der Waals surface area contributed by atoms with Gasteiger partial charge in [-0.05, 0) is 19.3 Å². The van der Waals surface area contributed by atoms with Crippen LogP contribution >= 0.6 is 0 Å². The summed E-state index contributed by atoms with van der Waals surface area (Å²) < 4.78 is 0. The van der Waals surface area contributed by atoms with Crippen molar-refractivity contribution in [2.45, 2.75) is 37.8 Å². The van der Waals surface area contributed by atoms with Gasteiger partial charge < -0.3 is 15.3 Å². The van der Waals surface area contributed by atoms with Gasteiger partial charge >= 0.3 is 5.97 Å². The largest absolute Gasteiger partial charge is 0.479 e. The topological polar surface area (TPSA) is 98.7 Å². The molecule has 3 N–H and O–H groups in total. The lowest BCUT2D eigenvalue weighted by molar-refractivity contribution is -0.158. The molecule has 2 rings (SSSR count). The molecule has 0 aromatic rings. The third kappa shape index (κ3) is 2.30. The lowest BCUT2D eigenvalue weighted by Crippen LogP contribution is -2.62. The number of aliphatic carboxylic acids is 1. The number of amides is 2. The van der Waals surface area contributed by atoms with E-state index < -0.39 is 17.6 Å². The molecule has 7 nitrogen and oxygen atoms in total. The molecule has 0 spiro atoms. The molecule has 106 valence electrons. The summed E-state index contributed by atoms with van der Waals surface area (Å²) in [7, 11) is 0. The number of hydrogen-bond acceptors (Lipinski definition) is 4. The van der Waals surface area contributed by atoms with Crippen LogP contribution in [0.4, 0.5) is 0 Å². The van der Waals surface area contributed by atoms with Gasteiger partial charge in [-0.3, -0.25) is 14.9 Å². The summed E-state index contributed by atoms with van der Waals surface area (Å²) in [6.45, 7) is 2.56. The standard InChI is InChI=1S/C12H19N3O4/c1-2-12(11(18)19)4-3-5-15(12)10(17)8-6-14-9(16)7-13-8/h8,13H,2-7H2,1H3,(H,14,16)(H,18,19). The second-order valence-corrected chi connectivity index (χ2v) is 5.02. The van der Waals surface area contributed by atoms with Crippen molar-refractivity contribution in [2.24, 2.45) is 0 Å². The van der Waals surface area contributed by atoms with Gasteiger partial charge in [0.05, 0.1) is 6.54 Å².